The van der Waals surface area contributed by atoms with Crippen LogP contribution in [0.5, 0.6) is 5.75 Å². The molecule has 0 spiro atoms. The van der Waals surface area contributed by atoms with Gasteiger partial charge in [0.2, 0.25) is 5.91 Å². The first-order chi connectivity index (χ1) is 12.9. The quantitative estimate of drug-likeness (QED) is 0.775. The van der Waals surface area contributed by atoms with Crippen LogP contribution >= 0.6 is 0 Å². The van der Waals surface area contributed by atoms with Gasteiger partial charge in [-0.25, -0.2) is 0 Å². The number of ether oxygens (including phenoxy) is 1. The normalized spacial score (nSPS) is 11.7. The Bertz CT molecular complexity index is 762. The Hall–Kier alpha value is -2.86. The fraction of sp³-hybridized carbons (Fsp3) is 0.333. The van der Waals surface area contributed by atoms with E-state index in [-0.39, 0.29) is 24.4 Å². The molecule has 1 unspecified atom stereocenters. The van der Waals surface area contributed by atoms with Crippen LogP contribution < -0.4 is 10.1 Å². The zero-order valence-electron chi connectivity index (χ0n) is 16.3. The second-order valence-corrected chi connectivity index (χ2v) is 6.59. The van der Waals surface area contributed by atoms with Crippen molar-refractivity contribution in [3.8, 4) is 5.75 Å². The molecule has 0 fully saturated rings. The predicted octanol–water partition coefficient (Wildman–Crippen LogP) is 2.19. The third-order valence-electron chi connectivity index (χ3n) is 4.34. The van der Waals surface area contributed by atoms with Crippen molar-refractivity contribution in [3.63, 3.8) is 0 Å². The number of hydrogen-bond donors (Lipinski definition) is 1. The van der Waals surface area contributed by atoms with Gasteiger partial charge in [0.25, 0.3) is 5.91 Å². The van der Waals surface area contributed by atoms with Gasteiger partial charge in [0, 0.05) is 19.2 Å². The highest BCUT2D eigenvalue weighted by Crippen LogP contribution is 2.22. The molecule has 0 bridgehead atoms. The van der Waals surface area contributed by atoms with Crippen molar-refractivity contribution >= 4 is 11.8 Å². The van der Waals surface area contributed by atoms with Crippen LogP contribution in [0.15, 0.2) is 54.6 Å². The lowest BCUT2D eigenvalue weighted by Gasteiger charge is -2.26. The molecule has 0 aliphatic heterocycles. The number of nitrogens with one attached hydrogen (secondary N) is 1. The van der Waals surface area contributed by atoms with E-state index >= 15 is 0 Å². The van der Waals surface area contributed by atoms with Crippen molar-refractivity contribution in [1.29, 1.82) is 0 Å². The van der Waals surface area contributed by atoms with Crippen molar-refractivity contribution < 1.29 is 14.3 Å². The van der Waals surface area contributed by atoms with E-state index in [9.17, 15) is 9.59 Å². The Morgan fingerprint density at radius 2 is 1.74 bits per heavy atom. The van der Waals surface area contributed by atoms with Gasteiger partial charge in [0.05, 0.1) is 19.7 Å². The molecular formula is C21H27N3O3. The zero-order chi connectivity index (χ0) is 19.8. The van der Waals surface area contributed by atoms with Crippen LogP contribution in [-0.4, -0.2) is 63.0 Å². The summed E-state index contributed by atoms with van der Waals surface area (Å²) in [5.74, 6) is 0.401. The van der Waals surface area contributed by atoms with Crippen molar-refractivity contribution in [2.45, 2.75) is 6.04 Å². The first kappa shape index (κ1) is 20.5. The summed E-state index contributed by atoms with van der Waals surface area (Å²) in [4.78, 5) is 28.1. The molecule has 0 aliphatic rings. The third-order valence-corrected chi connectivity index (χ3v) is 4.34. The number of nitrogens with zero attached hydrogens (tertiary/aromatic N) is 2. The molecule has 0 aliphatic carbocycles. The van der Waals surface area contributed by atoms with Gasteiger partial charge in [-0.3, -0.25) is 9.59 Å². The Labute approximate surface area is 160 Å². The molecule has 6 nitrogen and oxygen atoms in total. The third kappa shape index (κ3) is 5.82. The molecular weight excluding hydrogens is 342 g/mol. The molecule has 27 heavy (non-hydrogen) atoms. The van der Waals surface area contributed by atoms with Gasteiger partial charge >= 0.3 is 0 Å². The summed E-state index contributed by atoms with van der Waals surface area (Å²) < 4.78 is 5.28. The molecule has 0 radical (unpaired) electrons. The van der Waals surface area contributed by atoms with Gasteiger partial charge in [-0.1, -0.05) is 30.3 Å². The molecule has 0 aromatic heterocycles. The molecule has 0 saturated heterocycles. The van der Waals surface area contributed by atoms with Gasteiger partial charge in [0.15, 0.2) is 0 Å². The average molecular weight is 369 g/mol. The van der Waals surface area contributed by atoms with E-state index in [1.54, 1.807) is 38.4 Å². The Kier molecular flexibility index (Phi) is 7.37. The molecule has 1 N–H and O–H groups in total. The second-order valence-electron chi connectivity index (χ2n) is 6.59. The summed E-state index contributed by atoms with van der Waals surface area (Å²) in [6.07, 6.45) is 0. The lowest BCUT2D eigenvalue weighted by molar-refractivity contribution is -0.121. The summed E-state index contributed by atoms with van der Waals surface area (Å²) in [7, 11) is 7.17. The molecule has 2 rings (SSSR count). The topological polar surface area (TPSA) is 61.9 Å². The van der Waals surface area contributed by atoms with Crippen LogP contribution in [-0.2, 0) is 4.79 Å². The number of rotatable bonds is 8. The number of methoxy groups -OCH3 is 1. The summed E-state index contributed by atoms with van der Waals surface area (Å²) in [5.41, 5.74) is 1.61. The minimum atomic E-state index is -0.198. The smallest absolute Gasteiger partial charge is 0.254 e. The van der Waals surface area contributed by atoms with Crippen molar-refractivity contribution in [2.75, 3.05) is 41.3 Å². The van der Waals surface area contributed by atoms with Gasteiger partial charge in [-0.15, -0.1) is 0 Å². The van der Waals surface area contributed by atoms with Crippen molar-refractivity contribution in [2.24, 2.45) is 0 Å². The van der Waals surface area contributed by atoms with E-state index in [1.165, 1.54) is 4.90 Å². The van der Waals surface area contributed by atoms with Gasteiger partial charge in [0.1, 0.15) is 5.75 Å². The molecule has 2 amide bonds. The predicted molar refractivity (Wildman–Crippen MR) is 106 cm³/mol. The van der Waals surface area contributed by atoms with Crippen LogP contribution in [0.25, 0.3) is 0 Å². The first-order valence-corrected chi connectivity index (χ1v) is 8.80. The Morgan fingerprint density at radius 3 is 2.37 bits per heavy atom. The average Bonchev–Trinajstić information content (AvgIpc) is 2.68. The molecule has 0 saturated carbocycles. The number of carbonyl (C=O) groups excluding carboxylic acids is 2. The first-order valence-electron chi connectivity index (χ1n) is 8.80. The molecule has 2 aromatic carbocycles. The Morgan fingerprint density at radius 1 is 1.04 bits per heavy atom. The van der Waals surface area contributed by atoms with Crippen molar-refractivity contribution in [1.82, 2.24) is 15.1 Å². The number of likely N-dealkylation sites (N-methyl/N-ethyl adjacent to an activating group) is 2. The highest BCUT2D eigenvalue weighted by Gasteiger charge is 2.18. The Balaban J connectivity index is 1.94. The number of amides is 2. The van der Waals surface area contributed by atoms with Crippen LogP contribution in [0.3, 0.4) is 0 Å². The summed E-state index contributed by atoms with van der Waals surface area (Å²) in [6.45, 7) is 0.443. The minimum absolute atomic E-state index is 0.000758. The van der Waals surface area contributed by atoms with Crippen LogP contribution in [0.4, 0.5) is 0 Å². The summed E-state index contributed by atoms with van der Waals surface area (Å²) in [6, 6.07) is 16.7. The van der Waals surface area contributed by atoms with Crippen LogP contribution in [0, 0.1) is 0 Å². The van der Waals surface area contributed by atoms with E-state index in [2.05, 4.69) is 5.32 Å². The summed E-state index contributed by atoms with van der Waals surface area (Å²) in [5, 5.41) is 2.92. The molecule has 6 heteroatoms. The van der Waals surface area contributed by atoms with E-state index in [1.807, 2.05) is 49.3 Å². The highest BCUT2D eigenvalue weighted by molar-refractivity contribution is 5.96. The zero-order valence-corrected chi connectivity index (χ0v) is 16.3. The lowest BCUT2D eigenvalue weighted by atomic mass is 10.1. The maximum Gasteiger partial charge on any atom is 0.254 e. The number of benzene rings is 2. The van der Waals surface area contributed by atoms with E-state index in [4.69, 9.17) is 4.74 Å². The van der Waals surface area contributed by atoms with Gasteiger partial charge < -0.3 is 19.9 Å². The van der Waals surface area contributed by atoms with E-state index in [0.717, 1.165) is 11.3 Å². The van der Waals surface area contributed by atoms with Crippen molar-refractivity contribution in [3.05, 3.63) is 65.7 Å². The lowest BCUT2D eigenvalue weighted by Crippen LogP contribution is -2.41. The monoisotopic (exact) mass is 369 g/mol. The maximum atomic E-state index is 12.3. The van der Waals surface area contributed by atoms with Gasteiger partial charge in [-0.2, -0.15) is 0 Å². The molecule has 0 heterocycles. The standard InChI is InChI=1S/C21H27N3O3/c1-23(2)19(17-11-8-12-18(13-17)27-4)14-22-20(25)15-24(3)21(26)16-9-6-5-7-10-16/h5-13,19H,14-15H2,1-4H3,(H,22,25). The highest BCUT2D eigenvalue weighted by atomic mass is 16.5. The maximum absolute atomic E-state index is 12.3. The fourth-order valence-electron chi connectivity index (χ4n) is 2.80. The van der Waals surface area contributed by atoms with Gasteiger partial charge in [-0.05, 0) is 43.9 Å². The summed E-state index contributed by atoms with van der Waals surface area (Å²) >= 11 is 0. The van der Waals surface area contributed by atoms with E-state index < -0.39 is 0 Å². The minimum Gasteiger partial charge on any atom is -0.497 e. The SMILES string of the molecule is COc1cccc(C(CNC(=O)CN(C)C(=O)c2ccccc2)N(C)C)c1. The van der Waals surface area contributed by atoms with Crippen LogP contribution in [0.1, 0.15) is 22.0 Å². The largest absolute Gasteiger partial charge is 0.497 e. The fourth-order valence-corrected chi connectivity index (χ4v) is 2.80. The second kappa shape index (κ2) is 9.73. The molecule has 144 valence electrons. The van der Waals surface area contributed by atoms with Crippen LogP contribution in [0.2, 0.25) is 0 Å². The number of hydrogen-bond acceptors (Lipinski definition) is 4. The molecule has 1 atom stereocenters. The number of carbonyl (C=O) groups is 2. The molecule has 2 aromatic rings. The van der Waals surface area contributed by atoms with E-state index in [0.29, 0.717) is 12.1 Å².